The van der Waals surface area contributed by atoms with Crippen LogP contribution in [0.25, 0.3) is 0 Å². The van der Waals surface area contributed by atoms with Crippen molar-refractivity contribution in [1.82, 2.24) is 4.90 Å². The van der Waals surface area contributed by atoms with Crippen LogP contribution in [0.2, 0.25) is 10.0 Å². The number of piperazine rings is 1. The zero-order valence-electron chi connectivity index (χ0n) is 18.9. The second kappa shape index (κ2) is 10.8. The number of urea groups is 1. The van der Waals surface area contributed by atoms with Crippen LogP contribution in [-0.2, 0) is 11.2 Å². The number of nitrogens with zero attached hydrogens (tertiary/aromatic N) is 2. The minimum atomic E-state index is -0.405. The minimum Gasteiger partial charge on any atom is -0.368 e. The number of aryl methyl sites for hydroxylation is 1. The van der Waals surface area contributed by atoms with Gasteiger partial charge >= 0.3 is 6.03 Å². The lowest BCUT2D eigenvalue weighted by Crippen LogP contribution is -2.49. The van der Waals surface area contributed by atoms with Crippen LogP contribution in [0.3, 0.4) is 0 Å². The van der Waals surface area contributed by atoms with Crippen LogP contribution >= 0.6 is 23.2 Å². The highest BCUT2D eigenvalue weighted by Gasteiger charge is 2.22. The fourth-order valence-electron chi connectivity index (χ4n) is 3.94. The lowest BCUT2D eigenvalue weighted by molar-refractivity contribution is -0.130. The fraction of sp³-hybridized carbons (Fsp3) is 0.231. The minimum absolute atomic E-state index is 0.166. The Morgan fingerprint density at radius 1 is 0.853 bits per heavy atom. The molecule has 8 heteroatoms. The summed E-state index contributed by atoms with van der Waals surface area (Å²) in [5.74, 6) is 0.166. The van der Waals surface area contributed by atoms with Crippen molar-refractivity contribution in [2.45, 2.75) is 13.3 Å². The highest BCUT2D eigenvalue weighted by Crippen LogP contribution is 2.29. The average molecular weight is 497 g/mol. The fourth-order valence-corrected chi connectivity index (χ4v) is 4.29. The van der Waals surface area contributed by atoms with Gasteiger partial charge in [-0.3, -0.25) is 4.79 Å². The Morgan fingerprint density at radius 3 is 2.26 bits per heavy atom. The van der Waals surface area contributed by atoms with Gasteiger partial charge in [0, 0.05) is 37.6 Å². The van der Waals surface area contributed by atoms with Gasteiger partial charge in [0.25, 0.3) is 0 Å². The second-order valence-corrected chi connectivity index (χ2v) is 8.98. The Hall–Kier alpha value is -3.22. The Bertz CT molecular complexity index is 1180. The first-order valence-corrected chi connectivity index (χ1v) is 11.9. The first-order chi connectivity index (χ1) is 16.4. The summed E-state index contributed by atoms with van der Waals surface area (Å²) in [6.45, 7) is 4.94. The van der Waals surface area contributed by atoms with Gasteiger partial charge < -0.3 is 20.4 Å². The summed E-state index contributed by atoms with van der Waals surface area (Å²) in [7, 11) is 0. The highest BCUT2D eigenvalue weighted by atomic mass is 35.5. The predicted molar refractivity (Wildman–Crippen MR) is 139 cm³/mol. The highest BCUT2D eigenvalue weighted by molar-refractivity contribution is 6.44. The summed E-state index contributed by atoms with van der Waals surface area (Å²) in [5.41, 5.74) is 4.38. The molecule has 1 saturated heterocycles. The molecule has 0 unspecified atom stereocenters. The van der Waals surface area contributed by atoms with Gasteiger partial charge in [0.05, 0.1) is 22.2 Å². The van der Waals surface area contributed by atoms with E-state index < -0.39 is 6.03 Å². The summed E-state index contributed by atoms with van der Waals surface area (Å²) in [6, 6.07) is 20.3. The zero-order valence-corrected chi connectivity index (χ0v) is 20.4. The molecule has 0 aliphatic carbocycles. The van der Waals surface area contributed by atoms with Crippen LogP contribution in [0.4, 0.5) is 21.9 Å². The van der Waals surface area contributed by atoms with Crippen molar-refractivity contribution < 1.29 is 9.59 Å². The lowest BCUT2D eigenvalue weighted by Gasteiger charge is -2.36. The van der Waals surface area contributed by atoms with Gasteiger partial charge in [0.15, 0.2) is 0 Å². The molecule has 0 radical (unpaired) electrons. The zero-order chi connectivity index (χ0) is 24.1. The van der Waals surface area contributed by atoms with E-state index in [1.807, 2.05) is 60.4 Å². The molecule has 1 fully saturated rings. The topological polar surface area (TPSA) is 64.7 Å². The normalized spacial score (nSPS) is 13.5. The maximum atomic E-state index is 12.7. The van der Waals surface area contributed by atoms with E-state index in [4.69, 9.17) is 23.2 Å². The maximum Gasteiger partial charge on any atom is 0.323 e. The van der Waals surface area contributed by atoms with Crippen molar-refractivity contribution in [1.29, 1.82) is 0 Å². The Kier molecular flexibility index (Phi) is 7.60. The maximum absolute atomic E-state index is 12.7. The summed E-state index contributed by atoms with van der Waals surface area (Å²) in [6.07, 6.45) is 0.440. The van der Waals surface area contributed by atoms with Gasteiger partial charge in [0.2, 0.25) is 5.91 Å². The van der Waals surface area contributed by atoms with Crippen molar-refractivity contribution in [2.24, 2.45) is 0 Å². The molecule has 176 valence electrons. The molecule has 4 rings (SSSR count). The number of benzene rings is 3. The number of nitrogens with one attached hydrogen (secondary N) is 2. The lowest BCUT2D eigenvalue weighted by atomic mass is 10.1. The number of hydrogen-bond acceptors (Lipinski definition) is 3. The second-order valence-electron chi connectivity index (χ2n) is 8.20. The molecule has 2 N–H and O–H groups in total. The predicted octanol–water partition coefficient (Wildman–Crippen LogP) is 5.84. The van der Waals surface area contributed by atoms with Crippen LogP contribution in [0, 0.1) is 6.92 Å². The van der Waals surface area contributed by atoms with E-state index in [-0.39, 0.29) is 5.91 Å². The van der Waals surface area contributed by atoms with Gasteiger partial charge in [-0.15, -0.1) is 0 Å². The Balaban J connectivity index is 1.28. The number of amides is 3. The van der Waals surface area contributed by atoms with Crippen LogP contribution < -0.4 is 15.5 Å². The van der Waals surface area contributed by atoms with Gasteiger partial charge in [-0.2, -0.15) is 0 Å². The SMILES string of the molecule is Cc1ccccc1CC(=O)N1CCN(c2ccc(NC(=O)Nc3cccc(Cl)c3Cl)cc2)CC1. The third-order valence-electron chi connectivity index (χ3n) is 5.93. The molecule has 0 bridgehead atoms. The van der Waals surface area contributed by atoms with Crippen LogP contribution in [0.5, 0.6) is 0 Å². The summed E-state index contributed by atoms with van der Waals surface area (Å²) in [4.78, 5) is 29.2. The Labute approximate surface area is 209 Å². The molecule has 0 atom stereocenters. The van der Waals surface area contributed by atoms with Crippen molar-refractivity contribution in [3.05, 3.63) is 87.9 Å². The molecule has 1 aliphatic rings. The summed E-state index contributed by atoms with van der Waals surface area (Å²) >= 11 is 12.1. The number of halogens is 2. The Morgan fingerprint density at radius 2 is 1.56 bits per heavy atom. The van der Waals surface area contributed by atoms with E-state index in [0.29, 0.717) is 40.9 Å². The molecule has 3 aromatic rings. The molecular formula is C26H26Cl2N4O2. The van der Waals surface area contributed by atoms with Crippen molar-refractivity contribution in [2.75, 3.05) is 41.7 Å². The molecule has 0 spiro atoms. The van der Waals surface area contributed by atoms with Crippen LogP contribution in [0.1, 0.15) is 11.1 Å². The number of carbonyl (C=O) groups excluding carboxylic acids is 2. The van der Waals surface area contributed by atoms with E-state index in [1.165, 1.54) is 0 Å². The smallest absolute Gasteiger partial charge is 0.323 e. The standard InChI is InChI=1S/C26H26Cl2N4O2/c1-18-5-2-3-6-19(18)17-24(33)32-15-13-31(14-16-32)21-11-9-20(10-12-21)29-26(34)30-23-8-4-7-22(27)25(23)28/h2-12H,13-17H2,1H3,(H2,29,30,34). The first-order valence-electron chi connectivity index (χ1n) is 11.1. The van der Waals surface area contributed by atoms with E-state index in [2.05, 4.69) is 15.5 Å². The van der Waals surface area contributed by atoms with Crippen molar-refractivity contribution in [3.63, 3.8) is 0 Å². The molecule has 3 amide bonds. The average Bonchev–Trinajstić information content (AvgIpc) is 2.84. The van der Waals surface area contributed by atoms with Gasteiger partial charge in [-0.25, -0.2) is 4.79 Å². The number of hydrogen-bond donors (Lipinski definition) is 2. The summed E-state index contributed by atoms with van der Waals surface area (Å²) < 4.78 is 0. The summed E-state index contributed by atoms with van der Waals surface area (Å²) in [5, 5.41) is 6.17. The molecule has 0 saturated carbocycles. The number of rotatable bonds is 5. The van der Waals surface area contributed by atoms with Gasteiger partial charge in [-0.05, 0) is 54.4 Å². The van der Waals surface area contributed by atoms with E-state index in [1.54, 1.807) is 18.2 Å². The van der Waals surface area contributed by atoms with E-state index in [0.717, 1.165) is 29.9 Å². The molecule has 1 heterocycles. The largest absolute Gasteiger partial charge is 0.368 e. The quantitative estimate of drug-likeness (QED) is 0.466. The molecular weight excluding hydrogens is 471 g/mol. The van der Waals surface area contributed by atoms with E-state index >= 15 is 0 Å². The van der Waals surface area contributed by atoms with Gasteiger partial charge in [-0.1, -0.05) is 53.5 Å². The third kappa shape index (κ3) is 5.82. The van der Waals surface area contributed by atoms with Crippen molar-refractivity contribution >= 4 is 52.2 Å². The van der Waals surface area contributed by atoms with Gasteiger partial charge in [0.1, 0.15) is 0 Å². The molecule has 1 aliphatic heterocycles. The number of anilines is 3. The molecule has 6 nitrogen and oxygen atoms in total. The van der Waals surface area contributed by atoms with Crippen molar-refractivity contribution in [3.8, 4) is 0 Å². The molecule has 0 aromatic heterocycles. The number of carbonyl (C=O) groups is 2. The van der Waals surface area contributed by atoms with E-state index in [9.17, 15) is 9.59 Å². The third-order valence-corrected chi connectivity index (χ3v) is 6.74. The first kappa shape index (κ1) is 23.9. The monoisotopic (exact) mass is 496 g/mol. The van der Waals surface area contributed by atoms with Crippen LogP contribution in [0.15, 0.2) is 66.7 Å². The molecule has 3 aromatic carbocycles. The molecule has 34 heavy (non-hydrogen) atoms. The van der Waals surface area contributed by atoms with Crippen LogP contribution in [-0.4, -0.2) is 43.0 Å².